The molecule has 0 bridgehead atoms. The lowest BCUT2D eigenvalue weighted by Gasteiger charge is -2.30. The van der Waals surface area contributed by atoms with Gasteiger partial charge in [-0.05, 0) is 119 Å². The molecule has 34 heteroatoms. The molecule has 13 amide bonds. The van der Waals surface area contributed by atoms with Crippen molar-refractivity contribution in [3.05, 3.63) is 84.1 Å². The van der Waals surface area contributed by atoms with Crippen LogP contribution in [0.15, 0.2) is 72.9 Å². The van der Waals surface area contributed by atoms with Crippen LogP contribution in [0.5, 0.6) is 0 Å². The quantitative estimate of drug-likeness (QED) is 0.0269. The van der Waals surface area contributed by atoms with Crippen molar-refractivity contribution in [2.45, 2.75) is 262 Å². The minimum atomic E-state index is -1.72. The predicted octanol–water partition coefficient (Wildman–Crippen LogP) is 0.452. The summed E-state index contributed by atoms with van der Waals surface area (Å²) < 4.78 is 0. The fraction of sp³-hybridized carbons (Fsp3) is 0.597. The first kappa shape index (κ1) is 93.0. The SMILES string of the molecule is CC[C@H](C)[C@H](NC(=O)[C@H](CCC(N)=O)NC(=O)[C@@H]1CCCN1C(=O)CCCCC/C=C\CCCCCC(=O)N[C@H](CO)C(=O)N[C@@H](C(=O)N[C@H](CC(C)C)C(=O)N[C@H](CC(N)=O)C(=O)N[C@H](Cc1ccccc1)C(=O)O)[C@H](C)O)C(=O)N[C@H](C(=O)N[C@@H](CC(C)C)C(=O)N[C@@H](Cc1c[nH]c2ccccc12)C(=O)O)[C@@H](C)O. The number of rotatable bonds is 51. The molecule has 614 valence electrons. The van der Waals surface area contributed by atoms with E-state index >= 15 is 0 Å². The molecule has 20 N–H and O–H groups in total. The van der Waals surface area contributed by atoms with E-state index in [0.717, 1.165) is 17.3 Å². The van der Waals surface area contributed by atoms with Gasteiger partial charge in [-0.15, -0.1) is 0 Å². The van der Waals surface area contributed by atoms with Crippen LogP contribution in [0.1, 0.15) is 182 Å². The Hall–Kier alpha value is -10.4. The lowest BCUT2D eigenvalue weighted by molar-refractivity contribution is -0.143. The second-order valence-electron chi connectivity index (χ2n) is 29.3. The molecule has 0 radical (unpaired) electrons. The lowest BCUT2D eigenvalue weighted by atomic mass is 9.96. The number of nitrogens with one attached hydrogen (secondary N) is 11. The van der Waals surface area contributed by atoms with E-state index in [2.05, 4.69) is 58.2 Å². The summed E-state index contributed by atoms with van der Waals surface area (Å²) in [6.45, 7) is 12.2. The second-order valence-corrected chi connectivity index (χ2v) is 29.3. The minimum Gasteiger partial charge on any atom is -0.480 e. The average Bonchev–Trinajstić information content (AvgIpc) is 1.74. The molecule has 2 aromatic carbocycles. The maximum absolute atomic E-state index is 14.2. The number of benzene rings is 2. The smallest absolute Gasteiger partial charge is 0.326 e. The van der Waals surface area contributed by atoms with Crippen molar-refractivity contribution in [2.24, 2.45) is 29.2 Å². The number of aromatic nitrogens is 1. The van der Waals surface area contributed by atoms with E-state index < -0.39 is 180 Å². The van der Waals surface area contributed by atoms with E-state index in [1.165, 1.54) is 18.7 Å². The first-order valence-corrected chi connectivity index (χ1v) is 38.1. The number of aromatic amines is 1. The molecule has 1 fully saturated rings. The molecule has 1 saturated heterocycles. The summed E-state index contributed by atoms with van der Waals surface area (Å²) in [5.74, 6) is -14.8. The first-order chi connectivity index (χ1) is 52.5. The number of carboxylic acids is 2. The Bertz CT molecular complexity index is 3660. The number of carbonyl (C=O) groups excluding carboxylic acids is 13. The Morgan fingerprint density at radius 3 is 1.51 bits per heavy atom. The van der Waals surface area contributed by atoms with Crippen LogP contribution in [-0.2, 0) is 84.8 Å². The largest absolute Gasteiger partial charge is 0.480 e. The van der Waals surface area contributed by atoms with Gasteiger partial charge in [0.25, 0.3) is 0 Å². The number of primary amides is 2. The van der Waals surface area contributed by atoms with Crippen molar-refractivity contribution in [3.63, 3.8) is 0 Å². The molecule has 1 aliphatic rings. The number of likely N-dealkylation sites (tertiary alicyclic amines) is 1. The second kappa shape index (κ2) is 47.7. The third kappa shape index (κ3) is 32.3. The van der Waals surface area contributed by atoms with Crippen LogP contribution in [0.4, 0.5) is 0 Å². The van der Waals surface area contributed by atoms with Gasteiger partial charge in [-0.2, -0.15) is 0 Å². The molecule has 1 aliphatic heterocycles. The topological polar surface area (TPSA) is 549 Å². The molecule has 34 nitrogen and oxygen atoms in total. The number of unbranched alkanes of at least 4 members (excludes halogenated alkanes) is 6. The fourth-order valence-electron chi connectivity index (χ4n) is 12.6. The normalized spacial score (nSPS) is 16.3. The molecule has 1 aromatic heterocycles. The number of hydrogen-bond donors (Lipinski definition) is 18. The standard InChI is InChI=1S/C77H116N14O20/c1-9-45(6)64(73(105)90-66(47(8)94)75(107)85-54(37-44(4)5)69(101)87-57(77(110)111)39-49-41-80-51-29-24-23-28-50(49)51)88-67(99)52(33-34-60(78)95)82-72(104)59-30-25-35-91(59)63(98)32-22-17-15-13-11-10-12-14-16-21-31-62(97)81-58(42-92)71(103)89-65(46(7)93)74(106)84-53(36-43(2)3)68(100)83-55(40-61(79)96)70(102)86-56(76(108)109)38-48-26-19-18-20-27-48/h10-11,18-20,23-24,26-29,41,43-47,52-59,64-66,80,92-94H,9,12-17,21-22,25,30-40,42H2,1-8H3,(H2,78,95)(H2,79,96)(H,81,97)(H,82,104)(H,83,100)(H,84,106)(H,85,107)(H,86,102)(H,87,101)(H,88,99)(H,89,103)(H,90,105)(H,108,109)(H,110,111)/b11-10-/t45-,46-,47+,52-,53+,54-,55+,56+,57-,58+,59-,64-,65+,66-/m0/s1. The van der Waals surface area contributed by atoms with E-state index in [-0.39, 0.29) is 82.1 Å². The molecule has 0 aliphatic carbocycles. The Kier molecular flexibility index (Phi) is 39.9. The highest BCUT2D eigenvalue weighted by Gasteiger charge is 2.40. The number of hydrogen-bond acceptors (Lipinski definition) is 18. The highest BCUT2D eigenvalue weighted by Crippen LogP contribution is 2.23. The van der Waals surface area contributed by atoms with Gasteiger partial charge in [-0.1, -0.05) is 121 Å². The molecule has 14 atom stereocenters. The molecular weight excluding hydrogens is 1440 g/mol. The summed E-state index contributed by atoms with van der Waals surface area (Å²) in [5.41, 5.74) is 12.8. The van der Waals surface area contributed by atoms with Crippen LogP contribution < -0.4 is 64.6 Å². The number of H-pyrrole nitrogens is 1. The Labute approximate surface area is 646 Å². The van der Waals surface area contributed by atoms with Crippen molar-refractivity contribution < 1.29 is 97.5 Å². The third-order valence-corrected chi connectivity index (χ3v) is 19.0. The van der Waals surface area contributed by atoms with E-state index in [4.69, 9.17) is 11.5 Å². The number of fused-ring (bicyclic) bond motifs is 1. The first-order valence-electron chi connectivity index (χ1n) is 38.1. The maximum atomic E-state index is 14.2. The molecule has 3 aromatic rings. The zero-order chi connectivity index (χ0) is 82.6. The number of carboxylic acid groups (broad SMARTS) is 2. The Morgan fingerprint density at radius 2 is 0.991 bits per heavy atom. The summed E-state index contributed by atoms with van der Waals surface area (Å²) >= 11 is 0. The highest BCUT2D eigenvalue weighted by atomic mass is 16.4. The number of aliphatic hydroxyl groups excluding tert-OH is 3. The summed E-state index contributed by atoms with van der Waals surface area (Å²) in [6.07, 6.45) is 7.29. The molecule has 0 saturated carbocycles. The van der Waals surface area contributed by atoms with E-state index in [1.807, 2.05) is 30.4 Å². The zero-order valence-electron chi connectivity index (χ0n) is 64.7. The van der Waals surface area contributed by atoms with Crippen LogP contribution in [0.3, 0.4) is 0 Å². The molecule has 4 rings (SSSR count). The monoisotopic (exact) mass is 1560 g/mol. The Morgan fingerprint density at radius 1 is 0.514 bits per heavy atom. The van der Waals surface area contributed by atoms with Gasteiger partial charge in [0.05, 0.1) is 25.2 Å². The molecule has 2 heterocycles. The number of aliphatic hydroxyl groups is 3. The van der Waals surface area contributed by atoms with Crippen LogP contribution in [0.25, 0.3) is 10.9 Å². The summed E-state index contributed by atoms with van der Waals surface area (Å²) in [7, 11) is 0. The molecular formula is C77H116N14O20. The van der Waals surface area contributed by atoms with E-state index in [9.17, 15) is 97.5 Å². The summed E-state index contributed by atoms with van der Waals surface area (Å²) in [6, 6.07) is -0.331. The van der Waals surface area contributed by atoms with Crippen molar-refractivity contribution in [1.82, 2.24) is 63.1 Å². The minimum absolute atomic E-state index is 0.0158. The number of aliphatic carboxylic acids is 2. The number of amides is 13. The summed E-state index contributed by atoms with van der Waals surface area (Å²) in [5, 5.41) is 77.2. The molecule has 0 unspecified atom stereocenters. The van der Waals surface area contributed by atoms with Gasteiger partial charge in [0.2, 0.25) is 76.8 Å². The summed E-state index contributed by atoms with van der Waals surface area (Å²) in [4.78, 5) is 204. The third-order valence-electron chi connectivity index (χ3n) is 19.0. The maximum Gasteiger partial charge on any atom is 0.326 e. The van der Waals surface area contributed by atoms with Crippen molar-refractivity contribution in [3.8, 4) is 0 Å². The number of nitrogens with zero attached hydrogens (tertiary/aromatic N) is 1. The molecule has 111 heavy (non-hydrogen) atoms. The van der Waals surface area contributed by atoms with Gasteiger partial charge >= 0.3 is 11.9 Å². The van der Waals surface area contributed by atoms with Crippen LogP contribution in [0, 0.1) is 17.8 Å². The van der Waals surface area contributed by atoms with Crippen LogP contribution >= 0.6 is 0 Å². The van der Waals surface area contributed by atoms with Crippen molar-refractivity contribution in [2.75, 3.05) is 13.2 Å². The highest BCUT2D eigenvalue weighted by molar-refractivity contribution is 6.00. The van der Waals surface area contributed by atoms with Crippen molar-refractivity contribution in [1.29, 1.82) is 0 Å². The van der Waals surface area contributed by atoms with Gasteiger partial charge in [0.15, 0.2) is 0 Å². The van der Waals surface area contributed by atoms with E-state index in [1.54, 1.807) is 84.1 Å². The fourth-order valence-corrected chi connectivity index (χ4v) is 12.6. The van der Waals surface area contributed by atoms with Gasteiger partial charge in [0.1, 0.15) is 66.5 Å². The number of allylic oxidation sites excluding steroid dienone is 2. The Balaban J connectivity index is 1.22. The zero-order valence-corrected chi connectivity index (χ0v) is 64.7. The van der Waals surface area contributed by atoms with Crippen LogP contribution in [0.2, 0.25) is 0 Å². The average molecular weight is 1560 g/mol. The van der Waals surface area contributed by atoms with E-state index in [0.29, 0.717) is 68.9 Å². The molecule has 0 spiro atoms. The number of nitrogens with two attached hydrogens (primary N) is 2. The van der Waals surface area contributed by atoms with Crippen molar-refractivity contribution >= 4 is 99.6 Å². The van der Waals surface area contributed by atoms with Gasteiger partial charge in [-0.3, -0.25) is 62.3 Å². The van der Waals surface area contributed by atoms with Crippen LogP contribution in [-0.4, -0.2) is 216 Å². The number of carbonyl (C=O) groups is 15. The lowest BCUT2D eigenvalue weighted by Crippen LogP contribution is -2.62. The van der Waals surface area contributed by atoms with Gasteiger partial charge in [-0.25, -0.2) is 9.59 Å². The van der Waals surface area contributed by atoms with Gasteiger partial charge < -0.3 is 100 Å². The van der Waals surface area contributed by atoms with Gasteiger partial charge in [0, 0.05) is 55.7 Å². The predicted molar refractivity (Wildman–Crippen MR) is 408 cm³/mol. The number of para-hydroxylation sites is 1.